The van der Waals surface area contributed by atoms with E-state index in [4.69, 9.17) is 0 Å². The molecule has 11 heteroatoms. The molecular formula is C23H29N7O3S. The molecule has 5 rings (SSSR count). The van der Waals surface area contributed by atoms with Crippen molar-refractivity contribution in [1.82, 2.24) is 29.2 Å². The number of carbonyl (C=O) groups is 1. The predicted molar refractivity (Wildman–Crippen MR) is 128 cm³/mol. The Morgan fingerprint density at radius 1 is 1.09 bits per heavy atom. The summed E-state index contributed by atoms with van der Waals surface area (Å²) in [5, 5.41) is 8.27. The topological polar surface area (TPSA) is 105 Å². The first-order valence-electron chi connectivity index (χ1n) is 11.8. The molecular weight excluding hydrogens is 454 g/mol. The molecule has 0 radical (unpaired) electrons. The number of anilines is 1. The Labute approximate surface area is 199 Å². The Morgan fingerprint density at radius 2 is 1.91 bits per heavy atom. The molecule has 1 atom stereocenters. The maximum absolute atomic E-state index is 13.5. The van der Waals surface area contributed by atoms with Crippen LogP contribution in [-0.4, -0.2) is 82.3 Å². The highest BCUT2D eigenvalue weighted by Crippen LogP contribution is 2.29. The summed E-state index contributed by atoms with van der Waals surface area (Å²) in [6.45, 7) is 5.55. The minimum atomic E-state index is -3.83. The van der Waals surface area contributed by atoms with Gasteiger partial charge in [-0.2, -0.15) is 4.31 Å². The number of hydrogen-bond acceptors (Lipinski definition) is 7. The fraction of sp³-hybridized carbons (Fsp3) is 0.478. The molecule has 4 heterocycles. The first kappa shape index (κ1) is 22.7. The Bertz CT molecular complexity index is 1270. The van der Waals surface area contributed by atoms with E-state index < -0.39 is 16.1 Å². The van der Waals surface area contributed by atoms with Crippen LogP contribution < -0.4 is 4.90 Å². The van der Waals surface area contributed by atoms with Gasteiger partial charge in [0.2, 0.25) is 15.9 Å². The minimum absolute atomic E-state index is 0.114. The van der Waals surface area contributed by atoms with Crippen molar-refractivity contribution in [3.8, 4) is 0 Å². The monoisotopic (exact) mass is 483 g/mol. The summed E-state index contributed by atoms with van der Waals surface area (Å²) in [6.07, 6.45) is 3.87. The molecule has 10 nitrogen and oxygen atoms in total. The van der Waals surface area contributed by atoms with Crippen LogP contribution >= 0.6 is 0 Å². The fourth-order valence-electron chi connectivity index (χ4n) is 4.81. The zero-order chi connectivity index (χ0) is 23.7. The van der Waals surface area contributed by atoms with Crippen molar-refractivity contribution in [3.63, 3.8) is 0 Å². The Kier molecular flexibility index (Phi) is 6.22. The summed E-state index contributed by atoms with van der Waals surface area (Å²) in [7, 11) is -3.83. The molecule has 0 saturated carbocycles. The van der Waals surface area contributed by atoms with Gasteiger partial charge in [0, 0.05) is 45.5 Å². The van der Waals surface area contributed by atoms with E-state index in [0.29, 0.717) is 51.1 Å². The lowest BCUT2D eigenvalue weighted by Crippen LogP contribution is -2.54. The van der Waals surface area contributed by atoms with Crippen LogP contribution in [0.5, 0.6) is 0 Å². The van der Waals surface area contributed by atoms with E-state index in [1.165, 1.54) is 4.31 Å². The third-order valence-corrected chi connectivity index (χ3v) is 8.48. The van der Waals surface area contributed by atoms with Crippen LogP contribution in [0.3, 0.4) is 0 Å². The van der Waals surface area contributed by atoms with Crippen molar-refractivity contribution in [2.75, 3.05) is 37.6 Å². The SMILES string of the molecule is CCCn1nnc2cc(S(=O)(=O)N3CCCC3C(=O)N3CCN(c4ccccn4)CC3)ccc21. The second-order valence-corrected chi connectivity index (χ2v) is 10.6. The Balaban J connectivity index is 1.31. The maximum Gasteiger partial charge on any atom is 0.243 e. The fourth-order valence-corrected chi connectivity index (χ4v) is 6.48. The number of piperazine rings is 1. The van der Waals surface area contributed by atoms with Crippen molar-refractivity contribution in [2.45, 2.75) is 43.7 Å². The average Bonchev–Trinajstić information content (AvgIpc) is 3.52. The van der Waals surface area contributed by atoms with Gasteiger partial charge < -0.3 is 9.80 Å². The second-order valence-electron chi connectivity index (χ2n) is 8.74. The van der Waals surface area contributed by atoms with Crippen molar-refractivity contribution in [2.24, 2.45) is 0 Å². The van der Waals surface area contributed by atoms with E-state index >= 15 is 0 Å². The van der Waals surface area contributed by atoms with Crippen LogP contribution in [0.2, 0.25) is 0 Å². The van der Waals surface area contributed by atoms with Crippen LogP contribution in [0, 0.1) is 0 Å². The molecule has 2 aliphatic rings. The Morgan fingerprint density at radius 3 is 2.65 bits per heavy atom. The Hall–Kier alpha value is -3.05. The molecule has 2 aromatic heterocycles. The average molecular weight is 484 g/mol. The van der Waals surface area contributed by atoms with E-state index in [2.05, 4.69) is 27.1 Å². The van der Waals surface area contributed by atoms with Crippen molar-refractivity contribution < 1.29 is 13.2 Å². The number of benzene rings is 1. The highest BCUT2D eigenvalue weighted by Gasteiger charge is 2.41. The van der Waals surface area contributed by atoms with Gasteiger partial charge in [0.15, 0.2) is 0 Å². The molecule has 0 aliphatic carbocycles. The normalized spacial score (nSPS) is 19.7. The lowest BCUT2D eigenvalue weighted by molar-refractivity contribution is -0.134. The van der Waals surface area contributed by atoms with Crippen LogP contribution in [0.25, 0.3) is 11.0 Å². The first-order valence-corrected chi connectivity index (χ1v) is 13.2. The number of hydrogen-bond donors (Lipinski definition) is 0. The molecule has 180 valence electrons. The van der Waals surface area contributed by atoms with E-state index in [-0.39, 0.29) is 10.8 Å². The lowest BCUT2D eigenvalue weighted by Gasteiger charge is -2.37. The van der Waals surface area contributed by atoms with E-state index in [0.717, 1.165) is 24.3 Å². The maximum atomic E-state index is 13.5. The number of sulfonamides is 1. The summed E-state index contributed by atoms with van der Waals surface area (Å²) in [6, 6.07) is 10.0. The number of nitrogens with zero attached hydrogens (tertiary/aromatic N) is 7. The molecule has 1 aromatic carbocycles. The first-order chi connectivity index (χ1) is 16.5. The quantitative estimate of drug-likeness (QED) is 0.526. The number of aryl methyl sites for hydroxylation is 1. The zero-order valence-electron chi connectivity index (χ0n) is 19.2. The largest absolute Gasteiger partial charge is 0.353 e. The molecule has 3 aromatic rings. The summed E-state index contributed by atoms with van der Waals surface area (Å²) in [4.78, 5) is 21.9. The molecule has 0 N–H and O–H groups in total. The molecule has 2 fully saturated rings. The smallest absolute Gasteiger partial charge is 0.243 e. The van der Waals surface area contributed by atoms with Crippen LogP contribution in [0.1, 0.15) is 26.2 Å². The summed E-state index contributed by atoms with van der Waals surface area (Å²) < 4.78 is 30.2. The summed E-state index contributed by atoms with van der Waals surface area (Å²) >= 11 is 0. The van der Waals surface area contributed by atoms with Gasteiger partial charge in [-0.25, -0.2) is 18.1 Å². The van der Waals surface area contributed by atoms with Gasteiger partial charge in [-0.15, -0.1) is 5.10 Å². The molecule has 1 amide bonds. The zero-order valence-corrected chi connectivity index (χ0v) is 20.1. The van der Waals surface area contributed by atoms with Gasteiger partial charge in [-0.3, -0.25) is 4.79 Å². The number of pyridine rings is 1. The van der Waals surface area contributed by atoms with Crippen LogP contribution in [-0.2, 0) is 21.4 Å². The highest BCUT2D eigenvalue weighted by molar-refractivity contribution is 7.89. The van der Waals surface area contributed by atoms with Gasteiger partial charge in [0.1, 0.15) is 17.4 Å². The number of carbonyl (C=O) groups excluding carboxylic acids is 1. The van der Waals surface area contributed by atoms with E-state index in [1.54, 1.807) is 34.0 Å². The highest BCUT2D eigenvalue weighted by atomic mass is 32.2. The third kappa shape index (κ3) is 4.14. The van der Waals surface area contributed by atoms with Crippen molar-refractivity contribution in [1.29, 1.82) is 0 Å². The number of rotatable bonds is 6. The molecule has 0 spiro atoms. The number of aromatic nitrogens is 4. The van der Waals surface area contributed by atoms with Gasteiger partial charge in [-0.1, -0.05) is 18.2 Å². The van der Waals surface area contributed by atoms with Crippen LogP contribution in [0.4, 0.5) is 5.82 Å². The van der Waals surface area contributed by atoms with Crippen LogP contribution in [0.15, 0.2) is 47.5 Å². The molecule has 0 bridgehead atoms. The van der Waals surface area contributed by atoms with E-state index in [1.807, 2.05) is 18.2 Å². The lowest BCUT2D eigenvalue weighted by atomic mass is 10.2. The summed E-state index contributed by atoms with van der Waals surface area (Å²) in [5.74, 6) is 0.780. The molecule has 34 heavy (non-hydrogen) atoms. The standard InChI is InChI=1S/C23H29N7O3S/c1-2-11-29-20-9-8-18(17-19(20)25-26-29)34(32,33)30-12-5-6-21(30)23(31)28-15-13-27(14-16-28)22-7-3-4-10-24-22/h3-4,7-10,17,21H,2,5-6,11-16H2,1H3. The van der Waals surface area contributed by atoms with E-state index in [9.17, 15) is 13.2 Å². The summed E-state index contributed by atoms with van der Waals surface area (Å²) in [5.41, 5.74) is 1.35. The minimum Gasteiger partial charge on any atom is -0.353 e. The number of amides is 1. The molecule has 2 saturated heterocycles. The van der Waals surface area contributed by atoms with Gasteiger partial charge in [0.25, 0.3) is 0 Å². The number of fused-ring (bicyclic) bond motifs is 1. The second kappa shape index (κ2) is 9.30. The third-order valence-electron chi connectivity index (χ3n) is 6.58. The van der Waals surface area contributed by atoms with Gasteiger partial charge in [0.05, 0.1) is 10.4 Å². The molecule has 1 unspecified atom stereocenters. The molecule has 2 aliphatic heterocycles. The van der Waals surface area contributed by atoms with Crippen molar-refractivity contribution >= 4 is 32.8 Å². The van der Waals surface area contributed by atoms with Gasteiger partial charge in [-0.05, 0) is 49.6 Å². The predicted octanol–water partition coefficient (Wildman–Crippen LogP) is 1.74. The van der Waals surface area contributed by atoms with Gasteiger partial charge >= 0.3 is 0 Å². The van der Waals surface area contributed by atoms with Crippen molar-refractivity contribution in [3.05, 3.63) is 42.6 Å².